The number of carbonyl (C=O) groups excluding carboxylic acids is 1. The minimum Gasteiger partial charge on any atom is -0.484 e. The minimum atomic E-state index is -0.351. The summed E-state index contributed by atoms with van der Waals surface area (Å²) in [5, 5.41) is 9.72. The van der Waals surface area contributed by atoms with E-state index in [1.165, 1.54) is 0 Å². The highest BCUT2D eigenvalue weighted by Gasteiger charge is 2.28. The zero-order chi connectivity index (χ0) is 16.9. The predicted octanol–water partition coefficient (Wildman–Crippen LogP) is 1.27. The van der Waals surface area contributed by atoms with Gasteiger partial charge >= 0.3 is 0 Å². The van der Waals surface area contributed by atoms with Crippen LogP contribution in [0.15, 0.2) is 28.8 Å². The number of carbonyl (C=O) groups is 1. The molecule has 128 valence electrons. The second kappa shape index (κ2) is 7.41. The lowest BCUT2D eigenvalue weighted by molar-refractivity contribution is -0.123. The zero-order valence-electron chi connectivity index (χ0n) is 13.6. The van der Waals surface area contributed by atoms with Crippen molar-refractivity contribution in [1.29, 1.82) is 0 Å². The number of benzene rings is 1. The van der Waals surface area contributed by atoms with Crippen LogP contribution in [0.25, 0.3) is 0 Å². The molecule has 1 fully saturated rings. The van der Waals surface area contributed by atoms with Crippen molar-refractivity contribution in [1.82, 2.24) is 15.5 Å². The number of morpholine rings is 1. The van der Waals surface area contributed by atoms with Crippen LogP contribution in [0.5, 0.6) is 5.75 Å². The first-order valence-electron chi connectivity index (χ1n) is 7.80. The van der Waals surface area contributed by atoms with Crippen LogP contribution in [0, 0.1) is 6.92 Å². The van der Waals surface area contributed by atoms with Gasteiger partial charge in [-0.25, -0.2) is 0 Å². The third-order valence-corrected chi connectivity index (χ3v) is 3.65. The molecule has 1 aromatic carbocycles. The lowest BCUT2D eigenvalue weighted by Crippen LogP contribution is -2.53. The van der Waals surface area contributed by atoms with E-state index in [1.54, 1.807) is 31.2 Å². The molecule has 0 saturated carbocycles. The molecule has 0 bridgehead atoms. The molecule has 1 aliphatic heterocycles. The third-order valence-electron chi connectivity index (χ3n) is 3.65. The number of hydrogen-bond donors (Lipinski definition) is 2. The van der Waals surface area contributed by atoms with E-state index < -0.39 is 0 Å². The van der Waals surface area contributed by atoms with Crippen LogP contribution in [-0.2, 0) is 16.1 Å². The fourth-order valence-electron chi connectivity index (χ4n) is 2.43. The van der Waals surface area contributed by atoms with E-state index >= 15 is 0 Å². The first-order valence-corrected chi connectivity index (χ1v) is 7.80. The van der Waals surface area contributed by atoms with Crippen molar-refractivity contribution in [3.63, 3.8) is 0 Å². The molecule has 0 radical (unpaired) electrons. The molecule has 2 heterocycles. The molecular weight excluding hydrogens is 312 g/mol. The number of hydrogen-bond acceptors (Lipinski definition) is 7. The highest BCUT2D eigenvalue weighted by atomic mass is 16.5. The summed E-state index contributed by atoms with van der Waals surface area (Å²) >= 11 is 0. The van der Waals surface area contributed by atoms with E-state index in [0.717, 1.165) is 0 Å². The molecule has 8 heteroatoms. The van der Waals surface area contributed by atoms with Crippen molar-refractivity contribution in [3.05, 3.63) is 36.0 Å². The van der Waals surface area contributed by atoms with Crippen LogP contribution in [-0.4, -0.2) is 41.3 Å². The SMILES string of the molecule is Cc1noc(COc2ccc(NC(=O)[C@H]3NCCO[C@@H]3C)cc2)n1. The summed E-state index contributed by atoms with van der Waals surface area (Å²) in [5.74, 6) is 1.52. The van der Waals surface area contributed by atoms with Crippen molar-refractivity contribution in [3.8, 4) is 5.75 Å². The molecule has 1 aliphatic rings. The fraction of sp³-hybridized carbons (Fsp3) is 0.438. The molecule has 8 nitrogen and oxygen atoms in total. The van der Waals surface area contributed by atoms with E-state index in [-0.39, 0.29) is 24.7 Å². The summed E-state index contributed by atoms with van der Waals surface area (Å²) in [6.07, 6.45) is -0.154. The van der Waals surface area contributed by atoms with Gasteiger partial charge in [-0.3, -0.25) is 4.79 Å². The van der Waals surface area contributed by atoms with Gasteiger partial charge < -0.3 is 24.6 Å². The van der Waals surface area contributed by atoms with Crippen LogP contribution in [0.2, 0.25) is 0 Å². The first kappa shape index (κ1) is 16.4. The largest absolute Gasteiger partial charge is 0.484 e. The molecule has 2 aromatic rings. The van der Waals surface area contributed by atoms with Gasteiger partial charge in [0.05, 0.1) is 12.7 Å². The van der Waals surface area contributed by atoms with Crippen LogP contribution in [0.1, 0.15) is 18.6 Å². The zero-order valence-corrected chi connectivity index (χ0v) is 13.6. The average Bonchev–Trinajstić information content (AvgIpc) is 3.00. The molecular formula is C16H20N4O4. The van der Waals surface area contributed by atoms with E-state index in [9.17, 15) is 4.79 Å². The van der Waals surface area contributed by atoms with Gasteiger partial charge in [-0.15, -0.1) is 0 Å². The second-order valence-electron chi connectivity index (χ2n) is 5.55. The fourth-order valence-corrected chi connectivity index (χ4v) is 2.43. The van der Waals surface area contributed by atoms with Crippen LogP contribution in [0.3, 0.4) is 0 Å². The summed E-state index contributed by atoms with van der Waals surface area (Å²) in [6, 6.07) is 6.75. The average molecular weight is 332 g/mol. The molecule has 1 amide bonds. The molecule has 0 aliphatic carbocycles. The van der Waals surface area contributed by atoms with Gasteiger partial charge in [0.15, 0.2) is 12.4 Å². The standard InChI is InChI=1S/C16H20N4O4/c1-10-15(17-7-8-22-10)16(21)19-12-3-5-13(6-4-12)23-9-14-18-11(2)20-24-14/h3-6,10,15,17H,7-9H2,1-2H3,(H,19,21)/t10-,15+/m1/s1. The van der Waals surface area contributed by atoms with Crippen molar-refractivity contribution in [2.45, 2.75) is 32.6 Å². The topological polar surface area (TPSA) is 98.5 Å². The third kappa shape index (κ3) is 4.09. The van der Waals surface area contributed by atoms with Crippen LogP contribution < -0.4 is 15.4 Å². The maximum atomic E-state index is 12.3. The Morgan fingerprint density at radius 2 is 2.21 bits per heavy atom. The second-order valence-corrected chi connectivity index (χ2v) is 5.55. The summed E-state index contributed by atoms with van der Waals surface area (Å²) in [7, 11) is 0. The smallest absolute Gasteiger partial charge is 0.264 e. The Balaban J connectivity index is 1.53. The quantitative estimate of drug-likeness (QED) is 0.851. The van der Waals surface area contributed by atoms with Crippen LogP contribution in [0.4, 0.5) is 5.69 Å². The Hall–Kier alpha value is -2.45. The molecule has 3 rings (SSSR count). The lowest BCUT2D eigenvalue weighted by Gasteiger charge is -2.29. The Bertz CT molecular complexity index is 686. The summed E-state index contributed by atoms with van der Waals surface area (Å²) in [5.41, 5.74) is 0.695. The van der Waals surface area contributed by atoms with Gasteiger partial charge in [-0.05, 0) is 38.1 Å². The Labute approximate surface area is 139 Å². The molecule has 2 N–H and O–H groups in total. The number of anilines is 1. The maximum absolute atomic E-state index is 12.3. The van der Waals surface area contributed by atoms with Crippen molar-refractivity contribution in [2.75, 3.05) is 18.5 Å². The van der Waals surface area contributed by atoms with Gasteiger partial charge in [0.25, 0.3) is 5.89 Å². The van der Waals surface area contributed by atoms with E-state index in [2.05, 4.69) is 20.8 Å². The predicted molar refractivity (Wildman–Crippen MR) is 85.6 cm³/mol. The molecule has 1 saturated heterocycles. The number of amides is 1. The van der Waals surface area contributed by atoms with Gasteiger partial charge in [-0.2, -0.15) is 4.98 Å². The maximum Gasteiger partial charge on any atom is 0.264 e. The lowest BCUT2D eigenvalue weighted by atomic mass is 10.1. The van der Waals surface area contributed by atoms with Crippen LogP contribution >= 0.6 is 0 Å². The van der Waals surface area contributed by atoms with Gasteiger partial charge in [-0.1, -0.05) is 5.16 Å². The van der Waals surface area contributed by atoms with E-state index in [4.69, 9.17) is 14.0 Å². The summed E-state index contributed by atoms with van der Waals surface area (Å²) in [4.78, 5) is 16.3. The molecule has 24 heavy (non-hydrogen) atoms. The monoisotopic (exact) mass is 332 g/mol. The number of nitrogens with one attached hydrogen (secondary N) is 2. The molecule has 0 spiro atoms. The number of ether oxygens (including phenoxy) is 2. The Kier molecular flexibility index (Phi) is 5.07. The Morgan fingerprint density at radius 1 is 1.42 bits per heavy atom. The number of aryl methyl sites for hydroxylation is 1. The Morgan fingerprint density at radius 3 is 2.88 bits per heavy atom. The summed E-state index contributed by atoms with van der Waals surface area (Å²) < 4.78 is 16.0. The molecule has 0 unspecified atom stereocenters. The van der Waals surface area contributed by atoms with Crippen molar-refractivity contribution >= 4 is 11.6 Å². The van der Waals surface area contributed by atoms with Gasteiger partial charge in [0.1, 0.15) is 11.8 Å². The number of rotatable bonds is 5. The molecule has 2 atom stereocenters. The number of aromatic nitrogens is 2. The normalized spacial score (nSPS) is 20.6. The van der Waals surface area contributed by atoms with Gasteiger partial charge in [0.2, 0.25) is 5.91 Å². The van der Waals surface area contributed by atoms with Gasteiger partial charge in [0, 0.05) is 12.2 Å². The van der Waals surface area contributed by atoms with E-state index in [0.29, 0.717) is 36.3 Å². The first-order chi connectivity index (χ1) is 11.6. The summed E-state index contributed by atoms with van der Waals surface area (Å²) in [6.45, 7) is 5.12. The number of nitrogens with zero attached hydrogens (tertiary/aromatic N) is 2. The van der Waals surface area contributed by atoms with E-state index in [1.807, 2.05) is 6.92 Å². The highest BCUT2D eigenvalue weighted by Crippen LogP contribution is 2.17. The minimum absolute atomic E-state index is 0.114. The molecule has 1 aromatic heterocycles. The van der Waals surface area contributed by atoms with Crippen molar-refractivity contribution < 1.29 is 18.8 Å². The highest BCUT2D eigenvalue weighted by molar-refractivity contribution is 5.95. The van der Waals surface area contributed by atoms with Crippen molar-refractivity contribution in [2.24, 2.45) is 0 Å².